The van der Waals surface area contributed by atoms with E-state index in [0.717, 1.165) is 16.7 Å². The van der Waals surface area contributed by atoms with Crippen LogP contribution in [-0.2, 0) is 36.9 Å². The highest BCUT2D eigenvalue weighted by atomic mass is 16.5. The minimum atomic E-state index is -2.61. The van der Waals surface area contributed by atoms with Crippen molar-refractivity contribution in [2.45, 2.75) is 44.4 Å². The van der Waals surface area contributed by atoms with Crippen LogP contribution in [0.15, 0.2) is 42.0 Å². The Morgan fingerprint density at radius 1 is 1.10 bits per heavy atom. The lowest BCUT2D eigenvalue weighted by atomic mass is 9.56. The van der Waals surface area contributed by atoms with Crippen LogP contribution in [0.2, 0.25) is 0 Å². The first kappa shape index (κ1) is 28.5. The first-order chi connectivity index (χ1) is 19.5. The number of ketones is 2. The molecule has 41 heavy (non-hydrogen) atoms. The van der Waals surface area contributed by atoms with E-state index in [-0.39, 0.29) is 48.7 Å². The first-order valence-electron chi connectivity index (χ1n) is 13.5. The molecule has 216 valence electrons. The molecule has 2 aromatic carbocycles. The molecule has 0 bridgehead atoms. The van der Waals surface area contributed by atoms with E-state index in [1.807, 2.05) is 24.3 Å². The van der Waals surface area contributed by atoms with Crippen LogP contribution in [-0.4, -0.2) is 68.7 Å². The van der Waals surface area contributed by atoms with Gasteiger partial charge in [-0.1, -0.05) is 30.3 Å². The highest BCUT2D eigenvalue weighted by Crippen LogP contribution is 2.52. The predicted octanol–water partition coefficient (Wildman–Crippen LogP) is 0.909. The van der Waals surface area contributed by atoms with Crippen molar-refractivity contribution in [3.05, 3.63) is 58.7 Å². The van der Waals surface area contributed by atoms with Crippen molar-refractivity contribution in [2.75, 3.05) is 13.2 Å². The van der Waals surface area contributed by atoms with Gasteiger partial charge in [-0.25, -0.2) is 0 Å². The number of phenols is 1. The molecule has 3 aliphatic rings. The van der Waals surface area contributed by atoms with Crippen molar-refractivity contribution in [1.82, 2.24) is 5.32 Å². The molecule has 0 aliphatic heterocycles. The second-order valence-corrected chi connectivity index (χ2v) is 10.8. The summed E-state index contributed by atoms with van der Waals surface area (Å²) in [4.78, 5) is 50.2. The Morgan fingerprint density at radius 3 is 2.46 bits per heavy atom. The molecular weight excluding hydrogens is 532 g/mol. The fourth-order valence-corrected chi connectivity index (χ4v) is 6.52. The smallest absolute Gasteiger partial charge is 0.319 e. The van der Waals surface area contributed by atoms with Crippen molar-refractivity contribution >= 4 is 29.2 Å². The minimum Gasteiger partial charge on any atom is -0.507 e. The fraction of sp³-hybridized carbons (Fsp3) is 0.400. The van der Waals surface area contributed by atoms with Gasteiger partial charge >= 0.3 is 5.97 Å². The third-order valence-electron chi connectivity index (χ3n) is 8.44. The Kier molecular flexibility index (Phi) is 7.45. The van der Waals surface area contributed by atoms with E-state index < -0.39 is 52.7 Å². The molecular formula is C30H32N2O9. The van der Waals surface area contributed by atoms with Gasteiger partial charge in [0.1, 0.15) is 17.4 Å². The molecule has 2 aromatic rings. The van der Waals surface area contributed by atoms with Crippen LogP contribution < -0.4 is 11.1 Å². The summed E-state index contributed by atoms with van der Waals surface area (Å²) in [6.45, 7) is 2.57. The van der Waals surface area contributed by atoms with Crippen LogP contribution in [0.1, 0.15) is 36.5 Å². The molecule has 7 N–H and O–H groups in total. The average molecular weight is 565 g/mol. The summed E-state index contributed by atoms with van der Waals surface area (Å²) in [5.41, 5.74) is 5.56. The highest BCUT2D eigenvalue weighted by Gasteiger charge is 2.63. The van der Waals surface area contributed by atoms with Crippen LogP contribution >= 0.6 is 0 Å². The summed E-state index contributed by atoms with van der Waals surface area (Å²) < 4.78 is 4.90. The van der Waals surface area contributed by atoms with E-state index in [9.17, 15) is 39.6 Å². The van der Waals surface area contributed by atoms with Crippen LogP contribution in [0.4, 0.5) is 0 Å². The Morgan fingerprint density at radius 2 is 1.80 bits per heavy atom. The summed E-state index contributed by atoms with van der Waals surface area (Å²) in [5, 5.41) is 46.9. The number of benzene rings is 2. The van der Waals surface area contributed by atoms with Crippen molar-refractivity contribution < 1.29 is 44.3 Å². The van der Waals surface area contributed by atoms with E-state index >= 15 is 0 Å². The summed E-state index contributed by atoms with van der Waals surface area (Å²) in [7, 11) is 0. The lowest BCUT2D eigenvalue weighted by Crippen LogP contribution is -2.66. The number of aliphatic hydroxyl groups excluding tert-OH is 2. The molecule has 0 saturated heterocycles. The number of hydrogen-bond donors (Lipinski definition) is 6. The van der Waals surface area contributed by atoms with Gasteiger partial charge in [0.25, 0.3) is 0 Å². The SMILES string of the molecule is CCOC(=O)CNCc1ccc(-c2ccc(O)c3c2C[C@H]2C[C@H]4CC(O)C(C(N)=O)C(=O)[C@@]4(O)C(=O)C2=C3O)cc1. The van der Waals surface area contributed by atoms with E-state index in [2.05, 4.69) is 5.32 Å². The van der Waals surface area contributed by atoms with Crippen molar-refractivity contribution in [3.63, 3.8) is 0 Å². The van der Waals surface area contributed by atoms with Gasteiger partial charge in [0.2, 0.25) is 11.7 Å². The zero-order chi connectivity index (χ0) is 29.6. The Bertz CT molecular complexity index is 1470. The predicted molar refractivity (Wildman–Crippen MR) is 145 cm³/mol. The quantitative estimate of drug-likeness (QED) is 0.208. The molecule has 0 radical (unpaired) electrons. The van der Waals surface area contributed by atoms with Gasteiger partial charge in [0.15, 0.2) is 11.4 Å². The number of primary amides is 1. The van der Waals surface area contributed by atoms with Gasteiger partial charge in [-0.3, -0.25) is 19.2 Å². The number of esters is 1. The third-order valence-corrected chi connectivity index (χ3v) is 8.44. The number of Topliss-reactive ketones (excluding diaryl/α,β-unsaturated/α-hetero) is 2. The normalized spacial score (nSPS) is 27.1. The number of amides is 1. The molecule has 0 heterocycles. The van der Waals surface area contributed by atoms with Gasteiger partial charge in [0, 0.05) is 18.0 Å². The van der Waals surface area contributed by atoms with Crippen LogP contribution in [0.3, 0.4) is 0 Å². The molecule has 5 rings (SSSR count). The number of aliphatic hydroxyl groups is 3. The number of nitrogens with two attached hydrogens (primary N) is 1. The Hall–Kier alpha value is -4.06. The number of fused-ring (bicyclic) bond motifs is 3. The standard InChI is InChI=1S/C30H32N2O9/c1-2-41-22(35)13-32-12-14-3-5-15(6-4-14)18-7-8-20(33)24-19(18)10-16-9-17-11-21(34)25(29(31)39)28(38)30(17,40)27(37)23(16)26(24)36/h3-8,16-17,21,25,32-34,36,40H,2,9-13H2,1H3,(H2,31,39)/t16-,17+,21?,25?,30+/m1/s1. The van der Waals surface area contributed by atoms with E-state index in [1.165, 1.54) is 6.07 Å². The second kappa shape index (κ2) is 10.7. The van der Waals surface area contributed by atoms with Gasteiger partial charge in [0.05, 0.1) is 24.8 Å². The fourth-order valence-electron chi connectivity index (χ4n) is 6.52. The monoisotopic (exact) mass is 564 g/mol. The number of aromatic hydroxyl groups is 1. The van der Waals surface area contributed by atoms with Crippen LogP contribution in [0.25, 0.3) is 16.9 Å². The maximum absolute atomic E-state index is 13.7. The third kappa shape index (κ3) is 4.69. The molecule has 5 atom stereocenters. The number of carbonyl (C=O) groups is 4. The Balaban J connectivity index is 1.48. The number of nitrogens with one attached hydrogen (secondary N) is 1. The van der Waals surface area contributed by atoms with Gasteiger partial charge in [-0.05, 0) is 60.4 Å². The zero-order valence-electron chi connectivity index (χ0n) is 22.4. The van der Waals surface area contributed by atoms with Crippen molar-refractivity contribution in [3.8, 4) is 16.9 Å². The molecule has 0 spiro atoms. The van der Waals surface area contributed by atoms with E-state index in [0.29, 0.717) is 18.7 Å². The molecule has 0 aromatic heterocycles. The summed E-state index contributed by atoms with van der Waals surface area (Å²) >= 11 is 0. The summed E-state index contributed by atoms with van der Waals surface area (Å²) in [5.74, 6) is -7.79. The molecule has 11 heteroatoms. The number of ether oxygens (including phenoxy) is 1. The van der Waals surface area contributed by atoms with Crippen LogP contribution in [0, 0.1) is 17.8 Å². The summed E-state index contributed by atoms with van der Waals surface area (Å²) in [6.07, 6.45) is -1.30. The van der Waals surface area contributed by atoms with E-state index in [1.54, 1.807) is 13.0 Å². The highest BCUT2D eigenvalue weighted by molar-refractivity contribution is 6.24. The molecule has 1 amide bonds. The molecule has 2 saturated carbocycles. The minimum absolute atomic E-state index is 0.0408. The van der Waals surface area contributed by atoms with Crippen molar-refractivity contribution in [2.24, 2.45) is 23.5 Å². The second-order valence-electron chi connectivity index (χ2n) is 10.8. The van der Waals surface area contributed by atoms with Gasteiger partial charge in [-0.15, -0.1) is 0 Å². The summed E-state index contributed by atoms with van der Waals surface area (Å²) in [6, 6.07) is 10.6. The number of hydrogen-bond acceptors (Lipinski definition) is 10. The number of phenolic OH excluding ortho intramolecular Hbond substituents is 1. The average Bonchev–Trinajstić information content (AvgIpc) is 2.91. The maximum atomic E-state index is 13.7. The van der Waals surface area contributed by atoms with Crippen LogP contribution in [0.5, 0.6) is 5.75 Å². The van der Waals surface area contributed by atoms with Gasteiger partial charge in [-0.2, -0.15) is 0 Å². The van der Waals surface area contributed by atoms with Gasteiger partial charge < -0.3 is 36.2 Å². The number of carbonyl (C=O) groups excluding carboxylic acids is 4. The number of rotatable bonds is 7. The van der Waals surface area contributed by atoms with E-state index in [4.69, 9.17) is 10.5 Å². The Labute approximate surface area is 235 Å². The molecule has 3 aliphatic carbocycles. The largest absolute Gasteiger partial charge is 0.507 e. The first-order valence-corrected chi connectivity index (χ1v) is 13.5. The zero-order valence-corrected chi connectivity index (χ0v) is 22.4. The lowest BCUT2D eigenvalue weighted by molar-refractivity contribution is -0.174. The topological polar surface area (TPSA) is 196 Å². The maximum Gasteiger partial charge on any atom is 0.319 e. The lowest BCUT2D eigenvalue weighted by Gasteiger charge is -2.48. The molecule has 11 nitrogen and oxygen atoms in total. The van der Waals surface area contributed by atoms with Crippen molar-refractivity contribution in [1.29, 1.82) is 0 Å². The molecule has 2 unspecified atom stereocenters. The molecule has 2 fully saturated rings.